The van der Waals surface area contributed by atoms with Crippen molar-refractivity contribution in [2.24, 2.45) is 5.10 Å². The minimum absolute atomic E-state index is 0.116. The van der Waals surface area contributed by atoms with Crippen molar-refractivity contribution >= 4 is 33.7 Å². The van der Waals surface area contributed by atoms with Crippen LogP contribution < -0.4 is 5.43 Å². The van der Waals surface area contributed by atoms with Crippen LogP contribution in [0.5, 0.6) is 0 Å². The number of carbonyl (C=O) groups excluding carboxylic acids is 1. The van der Waals surface area contributed by atoms with Crippen molar-refractivity contribution in [3.63, 3.8) is 0 Å². The molecule has 1 aliphatic heterocycles. The second-order valence-corrected chi connectivity index (χ2v) is 7.05. The van der Waals surface area contributed by atoms with Gasteiger partial charge in [0.25, 0.3) is 0 Å². The average Bonchev–Trinajstić information content (AvgIpc) is 2.62. The van der Waals surface area contributed by atoms with E-state index in [4.69, 9.17) is 0 Å². The minimum Gasteiger partial charge on any atom is -0.299 e. The quantitative estimate of drug-likeness (QED) is 0.866. The summed E-state index contributed by atoms with van der Waals surface area (Å²) in [5, 5.41) is 4.15. The fraction of sp³-hybridized carbons (Fsp3) is 0.176. The summed E-state index contributed by atoms with van der Waals surface area (Å²) in [6.07, 6.45) is 1.97. The van der Waals surface area contributed by atoms with Gasteiger partial charge >= 0.3 is 0 Å². The van der Waals surface area contributed by atoms with E-state index in [1.165, 1.54) is 11.8 Å². The number of hydrazone groups is 1. The third kappa shape index (κ3) is 3.20. The number of nitrogens with one attached hydrogen (secondary N) is 1. The molecule has 5 heteroatoms. The molecular weight excluding hydrogens is 312 g/mol. The monoisotopic (exact) mass is 328 g/mol. The van der Waals surface area contributed by atoms with E-state index < -0.39 is 0 Å². The molecule has 0 aromatic heterocycles. The summed E-state index contributed by atoms with van der Waals surface area (Å²) in [7, 11) is 0. The predicted molar refractivity (Wildman–Crippen MR) is 95.4 cm³/mol. The van der Waals surface area contributed by atoms with Gasteiger partial charge in [0.05, 0.1) is 6.04 Å². The molecule has 0 bridgehead atoms. The van der Waals surface area contributed by atoms with Crippen molar-refractivity contribution in [3.05, 3.63) is 71.8 Å². The van der Waals surface area contributed by atoms with Crippen molar-refractivity contribution in [3.8, 4) is 0 Å². The smallest absolute Gasteiger partial charge is 0.178 e. The number of rotatable bonds is 3. The summed E-state index contributed by atoms with van der Waals surface area (Å²) >= 11 is 3.10. The molecule has 0 radical (unpaired) electrons. The number of thioether (sulfide) groups is 2. The third-order valence-electron chi connectivity index (χ3n) is 3.48. The molecule has 0 saturated heterocycles. The lowest BCUT2D eigenvalue weighted by molar-refractivity contribution is 0.0976. The highest BCUT2D eigenvalue weighted by Crippen LogP contribution is 2.35. The molecule has 1 heterocycles. The molecule has 0 aliphatic carbocycles. The van der Waals surface area contributed by atoms with Gasteiger partial charge in [0, 0.05) is 5.56 Å². The Morgan fingerprint density at radius 1 is 1.09 bits per heavy atom. The summed E-state index contributed by atoms with van der Waals surface area (Å²) in [5.74, 6) is 0.133. The van der Waals surface area contributed by atoms with Crippen LogP contribution in [0.4, 0.5) is 0 Å². The van der Waals surface area contributed by atoms with Gasteiger partial charge in [-0.15, -0.1) is 11.8 Å². The van der Waals surface area contributed by atoms with Crippen LogP contribution in [-0.2, 0) is 0 Å². The summed E-state index contributed by atoms with van der Waals surface area (Å²) in [4.78, 5) is 12.9. The highest BCUT2D eigenvalue weighted by molar-refractivity contribution is 8.39. The van der Waals surface area contributed by atoms with E-state index in [9.17, 15) is 4.79 Å². The topological polar surface area (TPSA) is 41.5 Å². The summed E-state index contributed by atoms with van der Waals surface area (Å²) in [6, 6.07) is 19.4. The first kappa shape index (κ1) is 15.2. The van der Waals surface area contributed by atoms with Crippen LogP contribution in [0, 0.1) is 0 Å². The number of carbonyl (C=O) groups is 1. The molecule has 0 amide bonds. The molecule has 3 nitrogen and oxygen atoms in total. The minimum atomic E-state index is -0.218. The Hall–Kier alpha value is -1.72. The van der Waals surface area contributed by atoms with E-state index >= 15 is 0 Å². The van der Waals surface area contributed by atoms with E-state index in [1.54, 1.807) is 11.8 Å². The molecule has 0 fully saturated rings. The number of nitrogens with zero attached hydrogens (tertiary/aromatic N) is 1. The highest BCUT2D eigenvalue weighted by atomic mass is 32.2. The van der Waals surface area contributed by atoms with Gasteiger partial charge in [-0.1, -0.05) is 72.4 Å². The first-order chi connectivity index (χ1) is 10.8. The predicted octanol–water partition coefficient (Wildman–Crippen LogP) is 3.95. The van der Waals surface area contributed by atoms with Crippen LogP contribution >= 0.6 is 23.5 Å². The van der Waals surface area contributed by atoms with Gasteiger partial charge in [0.2, 0.25) is 0 Å². The van der Waals surface area contributed by atoms with Gasteiger partial charge in [0.15, 0.2) is 5.78 Å². The first-order valence-electron chi connectivity index (χ1n) is 6.97. The maximum Gasteiger partial charge on any atom is 0.178 e. The Kier molecular flexibility index (Phi) is 4.85. The van der Waals surface area contributed by atoms with Gasteiger partial charge < -0.3 is 0 Å². The largest absolute Gasteiger partial charge is 0.299 e. The number of hydrogen-bond acceptors (Lipinski definition) is 5. The number of benzene rings is 2. The molecule has 0 spiro atoms. The lowest BCUT2D eigenvalue weighted by atomic mass is 9.98. The SMILES string of the molecule is CSC1=NN[C@H](c2ccccc2)[C@@H](C(=O)c2ccccc2)S1. The Morgan fingerprint density at radius 2 is 1.73 bits per heavy atom. The zero-order valence-corrected chi connectivity index (χ0v) is 13.7. The summed E-state index contributed by atoms with van der Waals surface area (Å²) in [6.45, 7) is 0. The highest BCUT2D eigenvalue weighted by Gasteiger charge is 2.34. The van der Waals surface area contributed by atoms with Crippen LogP contribution in [0.15, 0.2) is 65.8 Å². The molecule has 0 unspecified atom stereocenters. The fourth-order valence-corrected chi connectivity index (χ4v) is 4.13. The number of hydrogen-bond donors (Lipinski definition) is 1. The molecule has 2 atom stereocenters. The summed E-state index contributed by atoms with van der Waals surface area (Å²) < 4.78 is 0.890. The normalized spacial score (nSPS) is 20.9. The van der Waals surface area contributed by atoms with Gasteiger partial charge in [-0.25, -0.2) is 0 Å². The Morgan fingerprint density at radius 3 is 2.36 bits per heavy atom. The van der Waals surface area contributed by atoms with E-state index in [0.717, 1.165) is 15.5 Å². The van der Waals surface area contributed by atoms with Crippen molar-refractivity contribution in [1.29, 1.82) is 0 Å². The maximum absolute atomic E-state index is 12.9. The molecular formula is C17H16N2OS2. The average molecular weight is 328 g/mol. The third-order valence-corrected chi connectivity index (χ3v) is 5.74. The van der Waals surface area contributed by atoms with Crippen LogP contribution in [-0.4, -0.2) is 21.7 Å². The lowest BCUT2D eigenvalue weighted by Gasteiger charge is -2.29. The molecule has 2 aromatic rings. The zero-order valence-electron chi connectivity index (χ0n) is 12.1. The van der Waals surface area contributed by atoms with E-state index in [0.29, 0.717) is 0 Å². The van der Waals surface area contributed by atoms with E-state index in [2.05, 4.69) is 10.5 Å². The molecule has 0 saturated carbocycles. The second kappa shape index (κ2) is 7.03. The number of ketones is 1. The molecule has 1 aliphatic rings. The van der Waals surface area contributed by atoms with Gasteiger partial charge in [-0.2, -0.15) is 5.10 Å². The van der Waals surface area contributed by atoms with Crippen LogP contribution in [0.2, 0.25) is 0 Å². The van der Waals surface area contributed by atoms with Crippen LogP contribution in [0.25, 0.3) is 0 Å². The lowest BCUT2D eigenvalue weighted by Crippen LogP contribution is -2.37. The standard InChI is InChI=1S/C17H16N2OS2/c1-21-17-19-18-14(12-8-4-2-5-9-12)16(22-17)15(20)13-10-6-3-7-11-13/h2-11,14,16,18H,1H3/t14-,16+/m1/s1. The Labute approximate surface area is 138 Å². The molecule has 2 aromatic carbocycles. The molecule has 112 valence electrons. The number of Topliss-reactive ketones (excluding diaryl/α,β-unsaturated/α-hetero) is 1. The van der Waals surface area contributed by atoms with Crippen molar-refractivity contribution in [2.75, 3.05) is 6.26 Å². The van der Waals surface area contributed by atoms with Gasteiger partial charge in [-0.05, 0) is 11.8 Å². The molecule has 1 N–H and O–H groups in total. The van der Waals surface area contributed by atoms with Gasteiger partial charge in [0.1, 0.15) is 9.63 Å². The fourth-order valence-electron chi connectivity index (χ4n) is 2.37. The molecule has 22 heavy (non-hydrogen) atoms. The zero-order chi connectivity index (χ0) is 15.4. The van der Waals surface area contributed by atoms with Crippen molar-refractivity contribution in [2.45, 2.75) is 11.3 Å². The van der Waals surface area contributed by atoms with Gasteiger partial charge in [-0.3, -0.25) is 10.2 Å². The van der Waals surface area contributed by atoms with E-state index in [-0.39, 0.29) is 17.1 Å². The second-order valence-electron chi connectivity index (χ2n) is 4.87. The van der Waals surface area contributed by atoms with Crippen LogP contribution in [0.1, 0.15) is 22.0 Å². The Balaban J connectivity index is 1.94. The van der Waals surface area contributed by atoms with Crippen LogP contribution in [0.3, 0.4) is 0 Å². The maximum atomic E-state index is 12.9. The Bertz CT molecular complexity index is 674. The molecule has 3 rings (SSSR count). The van der Waals surface area contributed by atoms with E-state index in [1.807, 2.05) is 66.9 Å². The van der Waals surface area contributed by atoms with Crippen molar-refractivity contribution < 1.29 is 4.79 Å². The first-order valence-corrected chi connectivity index (χ1v) is 9.08. The van der Waals surface area contributed by atoms with Crippen molar-refractivity contribution in [1.82, 2.24) is 5.43 Å². The summed E-state index contributed by atoms with van der Waals surface area (Å²) in [5.41, 5.74) is 4.98.